The number of nitrogens with zero attached hydrogens (tertiary/aromatic N) is 2. The predicted octanol–water partition coefficient (Wildman–Crippen LogP) is 2.80. The van der Waals surface area contributed by atoms with Crippen LogP contribution in [0.5, 0.6) is 0 Å². The van der Waals surface area contributed by atoms with Gasteiger partial charge in [-0.2, -0.15) is 4.31 Å². The van der Waals surface area contributed by atoms with Crippen molar-refractivity contribution in [3.8, 4) is 0 Å². The Hall–Kier alpha value is -2.53. The van der Waals surface area contributed by atoms with Crippen molar-refractivity contribution in [1.82, 2.24) is 9.29 Å². The Kier molecular flexibility index (Phi) is 5.87. The maximum absolute atomic E-state index is 13.4. The lowest BCUT2D eigenvalue weighted by atomic mass is 9.90. The van der Waals surface area contributed by atoms with Crippen molar-refractivity contribution in [2.24, 2.45) is 5.92 Å². The zero-order valence-electron chi connectivity index (χ0n) is 18.0. The molecule has 11 heteroatoms. The lowest BCUT2D eigenvalue weighted by molar-refractivity contribution is -0.118. The van der Waals surface area contributed by atoms with Gasteiger partial charge in [-0.3, -0.25) is 9.78 Å². The lowest BCUT2D eigenvalue weighted by Crippen LogP contribution is -2.47. The zero-order chi connectivity index (χ0) is 24.1. The fourth-order valence-corrected chi connectivity index (χ4v) is 8.44. The summed E-state index contributed by atoms with van der Waals surface area (Å²) in [6.45, 7) is 0.0487. The van der Waals surface area contributed by atoms with E-state index in [1.807, 2.05) is 24.3 Å². The first-order valence-electron chi connectivity index (χ1n) is 10.7. The number of carbonyl (C=O) groups is 1. The van der Waals surface area contributed by atoms with Crippen molar-refractivity contribution in [3.63, 3.8) is 0 Å². The van der Waals surface area contributed by atoms with Crippen molar-refractivity contribution in [2.45, 2.75) is 12.5 Å². The van der Waals surface area contributed by atoms with Crippen LogP contribution in [0.2, 0.25) is 5.02 Å². The van der Waals surface area contributed by atoms with Crippen LogP contribution < -0.4 is 5.32 Å². The van der Waals surface area contributed by atoms with E-state index in [9.17, 15) is 21.6 Å². The average Bonchev–Trinajstić information content (AvgIpc) is 2.77. The Morgan fingerprint density at radius 1 is 1.15 bits per heavy atom. The van der Waals surface area contributed by atoms with Crippen molar-refractivity contribution in [1.29, 1.82) is 0 Å². The largest absolute Gasteiger partial charge is 0.324 e. The lowest BCUT2D eigenvalue weighted by Gasteiger charge is -2.35. The summed E-state index contributed by atoms with van der Waals surface area (Å²) in [5.74, 6) is -2.07. The molecule has 0 radical (unpaired) electrons. The number of nitrogens with one attached hydrogen (secondary N) is 1. The molecule has 0 unspecified atom stereocenters. The molecule has 1 aromatic heterocycles. The van der Waals surface area contributed by atoms with Gasteiger partial charge in [-0.25, -0.2) is 16.8 Å². The van der Waals surface area contributed by atoms with Gasteiger partial charge in [0, 0.05) is 41.0 Å². The number of fused-ring (bicyclic) bond motifs is 2. The van der Waals surface area contributed by atoms with Crippen LogP contribution in [0, 0.1) is 5.92 Å². The number of amides is 1. The van der Waals surface area contributed by atoms with Gasteiger partial charge in [0.2, 0.25) is 15.9 Å². The molecule has 3 heterocycles. The standard InChI is InChI=1S/C23H22ClN3O5S2/c24-18-6-5-17-10-27(34(31,32)14-15-12-33(29,30)13-15)11-21(20(17)7-18)23(28)26-22-9-25-8-16-3-1-2-4-19(16)22/h1-9,15,21H,10-14H2,(H,26,28)/t21-/m1/s1. The van der Waals surface area contributed by atoms with E-state index in [1.165, 1.54) is 4.31 Å². The molecule has 1 saturated heterocycles. The number of sulfone groups is 1. The van der Waals surface area contributed by atoms with Crippen LogP contribution in [0.3, 0.4) is 0 Å². The van der Waals surface area contributed by atoms with Gasteiger partial charge >= 0.3 is 0 Å². The Labute approximate surface area is 202 Å². The number of halogens is 1. The molecule has 2 aliphatic heterocycles. The molecular formula is C23H22ClN3O5S2. The molecule has 34 heavy (non-hydrogen) atoms. The van der Waals surface area contributed by atoms with E-state index >= 15 is 0 Å². The van der Waals surface area contributed by atoms with Gasteiger partial charge < -0.3 is 5.32 Å². The smallest absolute Gasteiger partial charge is 0.233 e. The van der Waals surface area contributed by atoms with Gasteiger partial charge in [0.05, 0.1) is 35.1 Å². The van der Waals surface area contributed by atoms with Crippen LogP contribution in [0.4, 0.5) is 5.69 Å². The fourth-order valence-electron chi connectivity index (χ4n) is 4.63. The Morgan fingerprint density at radius 2 is 1.91 bits per heavy atom. The highest BCUT2D eigenvalue weighted by atomic mass is 35.5. The van der Waals surface area contributed by atoms with Crippen molar-refractivity contribution in [3.05, 3.63) is 71.0 Å². The molecule has 0 aliphatic carbocycles. The highest BCUT2D eigenvalue weighted by Crippen LogP contribution is 2.34. The molecule has 8 nitrogen and oxygen atoms in total. The number of pyridine rings is 1. The maximum atomic E-state index is 13.4. The van der Waals surface area contributed by atoms with Crippen LogP contribution in [-0.2, 0) is 31.2 Å². The third-order valence-corrected chi connectivity index (χ3v) is 10.4. The van der Waals surface area contributed by atoms with Crippen LogP contribution in [0.1, 0.15) is 17.0 Å². The highest BCUT2D eigenvalue weighted by molar-refractivity contribution is 7.93. The number of anilines is 1. The number of rotatable bonds is 5. The van der Waals surface area contributed by atoms with Gasteiger partial charge in [-0.15, -0.1) is 0 Å². The SMILES string of the molecule is O=C(Nc1cncc2ccccc12)[C@@H]1CN(S(=O)(=O)CC2CS(=O)(=O)C2)Cc2ccc(Cl)cc21. The summed E-state index contributed by atoms with van der Waals surface area (Å²) in [6.07, 6.45) is 3.27. The first-order valence-corrected chi connectivity index (χ1v) is 14.5. The molecule has 1 fully saturated rings. The molecule has 2 aliphatic rings. The Bertz CT molecular complexity index is 1490. The molecule has 5 rings (SSSR count). The van der Waals surface area contributed by atoms with Gasteiger partial charge in [-0.05, 0) is 23.3 Å². The zero-order valence-corrected chi connectivity index (χ0v) is 20.4. The average molecular weight is 520 g/mol. The second kappa shape index (κ2) is 8.60. The predicted molar refractivity (Wildman–Crippen MR) is 131 cm³/mol. The first kappa shape index (κ1) is 23.2. The third-order valence-electron chi connectivity index (χ3n) is 6.28. The minimum Gasteiger partial charge on any atom is -0.324 e. The molecular weight excluding hydrogens is 498 g/mol. The third kappa shape index (κ3) is 4.55. The van der Waals surface area contributed by atoms with E-state index in [-0.39, 0.29) is 36.3 Å². The molecule has 178 valence electrons. The number of carbonyl (C=O) groups excluding carboxylic acids is 1. The maximum Gasteiger partial charge on any atom is 0.233 e. The monoisotopic (exact) mass is 519 g/mol. The number of hydrogen-bond donors (Lipinski definition) is 1. The van der Waals surface area contributed by atoms with E-state index < -0.39 is 31.7 Å². The van der Waals surface area contributed by atoms with E-state index in [4.69, 9.17) is 11.6 Å². The molecule has 0 spiro atoms. The van der Waals surface area contributed by atoms with Gasteiger partial charge in [0.1, 0.15) is 0 Å². The molecule has 0 bridgehead atoms. The summed E-state index contributed by atoms with van der Waals surface area (Å²) in [7, 11) is -6.91. The van der Waals surface area contributed by atoms with Crippen LogP contribution in [0.15, 0.2) is 54.9 Å². The Balaban J connectivity index is 1.44. The van der Waals surface area contributed by atoms with E-state index in [1.54, 1.807) is 30.6 Å². The van der Waals surface area contributed by atoms with Crippen molar-refractivity contribution in [2.75, 3.05) is 29.1 Å². The van der Waals surface area contributed by atoms with E-state index in [0.717, 1.165) is 10.8 Å². The van der Waals surface area contributed by atoms with Gasteiger partial charge in [0.25, 0.3) is 0 Å². The van der Waals surface area contributed by atoms with Crippen LogP contribution >= 0.6 is 11.6 Å². The summed E-state index contributed by atoms with van der Waals surface area (Å²) >= 11 is 6.20. The molecule has 0 saturated carbocycles. The normalized spacial score (nSPS) is 20.4. The summed E-state index contributed by atoms with van der Waals surface area (Å²) in [5.41, 5.74) is 1.90. The fraction of sp³-hybridized carbons (Fsp3) is 0.304. The Morgan fingerprint density at radius 3 is 2.68 bits per heavy atom. The van der Waals surface area contributed by atoms with Crippen LogP contribution in [-0.4, -0.2) is 55.8 Å². The van der Waals surface area contributed by atoms with E-state index in [0.29, 0.717) is 21.8 Å². The number of benzene rings is 2. The van der Waals surface area contributed by atoms with Gasteiger partial charge in [-0.1, -0.05) is 41.9 Å². The molecule has 2 aromatic carbocycles. The van der Waals surface area contributed by atoms with Gasteiger partial charge in [0.15, 0.2) is 9.84 Å². The van der Waals surface area contributed by atoms with Crippen molar-refractivity contribution >= 4 is 53.8 Å². The first-order chi connectivity index (χ1) is 16.1. The highest BCUT2D eigenvalue weighted by Gasteiger charge is 2.41. The van der Waals surface area contributed by atoms with Crippen molar-refractivity contribution < 1.29 is 21.6 Å². The summed E-state index contributed by atoms with van der Waals surface area (Å²) < 4.78 is 50.5. The summed E-state index contributed by atoms with van der Waals surface area (Å²) in [4.78, 5) is 17.6. The number of aromatic nitrogens is 1. The molecule has 1 N–H and O–H groups in total. The second-order valence-corrected chi connectivity index (χ2v) is 13.4. The number of hydrogen-bond acceptors (Lipinski definition) is 6. The van der Waals surface area contributed by atoms with E-state index in [2.05, 4.69) is 10.3 Å². The minimum atomic E-state index is -3.78. The molecule has 3 aromatic rings. The molecule has 1 amide bonds. The minimum absolute atomic E-state index is 0.0564. The summed E-state index contributed by atoms with van der Waals surface area (Å²) in [6, 6.07) is 12.6. The number of sulfonamides is 1. The summed E-state index contributed by atoms with van der Waals surface area (Å²) in [5, 5.41) is 5.06. The molecule has 1 atom stereocenters. The second-order valence-electron chi connectivity index (χ2n) is 8.81. The quantitative estimate of drug-likeness (QED) is 0.554. The van der Waals surface area contributed by atoms with Crippen LogP contribution in [0.25, 0.3) is 10.8 Å². The topological polar surface area (TPSA) is 114 Å².